The molecule has 16 heavy (non-hydrogen) atoms. The molecule has 0 bridgehead atoms. The van der Waals surface area contributed by atoms with Gasteiger partial charge in [-0.1, -0.05) is 26.3 Å². The second-order valence-electron chi connectivity index (χ2n) is 4.61. The van der Waals surface area contributed by atoms with Crippen molar-refractivity contribution in [3.05, 3.63) is 12.2 Å². The Morgan fingerprint density at radius 3 is 2.75 bits per heavy atom. The number of hydrogen-bond acceptors (Lipinski definition) is 3. The van der Waals surface area contributed by atoms with Gasteiger partial charge in [0.25, 0.3) is 0 Å². The van der Waals surface area contributed by atoms with E-state index >= 15 is 0 Å². The van der Waals surface area contributed by atoms with E-state index in [0.29, 0.717) is 24.2 Å². The Morgan fingerprint density at radius 2 is 2.19 bits per heavy atom. The minimum absolute atomic E-state index is 0.278. The number of unbranched alkanes of at least 4 members (excludes halogenated alkanes) is 2. The third-order valence-corrected chi connectivity index (χ3v) is 2.88. The van der Waals surface area contributed by atoms with E-state index in [-0.39, 0.29) is 5.97 Å². The molecule has 0 saturated carbocycles. The highest BCUT2D eigenvalue weighted by atomic mass is 16.6. The molecule has 1 saturated heterocycles. The van der Waals surface area contributed by atoms with E-state index in [1.165, 1.54) is 12.8 Å². The highest BCUT2D eigenvalue weighted by Crippen LogP contribution is 2.24. The van der Waals surface area contributed by atoms with Gasteiger partial charge in [0, 0.05) is 5.57 Å². The van der Waals surface area contributed by atoms with Crippen molar-refractivity contribution in [2.24, 2.45) is 5.92 Å². The molecular weight excluding hydrogens is 204 g/mol. The minimum atomic E-state index is -0.278. The molecular formula is C13H22O3. The first-order valence-corrected chi connectivity index (χ1v) is 6.05. The van der Waals surface area contributed by atoms with Crippen molar-refractivity contribution in [2.45, 2.75) is 45.6 Å². The first-order valence-electron chi connectivity index (χ1n) is 6.05. The first-order chi connectivity index (χ1) is 7.61. The highest BCUT2D eigenvalue weighted by Gasteiger charge is 2.28. The normalized spacial score (nSPS) is 20.2. The summed E-state index contributed by atoms with van der Waals surface area (Å²) < 4.78 is 10.2. The molecule has 1 aliphatic heterocycles. The summed E-state index contributed by atoms with van der Waals surface area (Å²) in [6, 6.07) is 0. The number of hydrogen-bond donors (Lipinski definition) is 0. The average Bonchev–Trinajstić information content (AvgIpc) is 3.05. The van der Waals surface area contributed by atoms with Crippen molar-refractivity contribution in [3.63, 3.8) is 0 Å². The molecule has 3 heteroatoms. The van der Waals surface area contributed by atoms with Crippen LogP contribution in [0.15, 0.2) is 12.2 Å². The van der Waals surface area contributed by atoms with Gasteiger partial charge in [0.15, 0.2) is 0 Å². The molecule has 0 aromatic rings. The molecule has 1 fully saturated rings. The zero-order chi connectivity index (χ0) is 12.0. The number of esters is 1. The van der Waals surface area contributed by atoms with E-state index in [9.17, 15) is 4.79 Å². The maximum absolute atomic E-state index is 11.0. The monoisotopic (exact) mass is 226 g/mol. The first kappa shape index (κ1) is 13.2. The van der Waals surface area contributed by atoms with Crippen LogP contribution in [0, 0.1) is 5.92 Å². The molecule has 0 aromatic carbocycles. The summed E-state index contributed by atoms with van der Waals surface area (Å²) in [6.45, 7) is 8.89. The second-order valence-corrected chi connectivity index (χ2v) is 4.61. The van der Waals surface area contributed by atoms with Crippen LogP contribution < -0.4 is 0 Å². The molecule has 1 heterocycles. The van der Waals surface area contributed by atoms with Crippen LogP contribution in [0.1, 0.15) is 39.5 Å². The van der Waals surface area contributed by atoms with Crippen molar-refractivity contribution in [2.75, 3.05) is 13.2 Å². The van der Waals surface area contributed by atoms with Crippen molar-refractivity contribution < 1.29 is 14.3 Å². The number of ether oxygens (including phenoxy) is 2. The lowest BCUT2D eigenvalue weighted by molar-refractivity contribution is -0.139. The fourth-order valence-electron chi connectivity index (χ4n) is 1.60. The van der Waals surface area contributed by atoms with E-state index in [1.54, 1.807) is 6.92 Å². The van der Waals surface area contributed by atoms with Crippen LogP contribution in [0.25, 0.3) is 0 Å². The Balaban J connectivity index is 1.87. The standard InChI is InChI=1S/C13H22O3/c1-10(2)13(14)15-8-6-4-5-7-11(3)12-9-16-12/h11-12H,1,4-9H2,2-3H3. The van der Waals surface area contributed by atoms with Gasteiger partial charge in [-0.25, -0.2) is 4.79 Å². The topological polar surface area (TPSA) is 38.8 Å². The van der Waals surface area contributed by atoms with E-state index in [0.717, 1.165) is 19.4 Å². The fraction of sp³-hybridized carbons (Fsp3) is 0.769. The maximum atomic E-state index is 11.0. The van der Waals surface area contributed by atoms with Gasteiger partial charge in [0.1, 0.15) is 0 Å². The number of carbonyl (C=O) groups excluding carboxylic acids is 1. The molecule has 0 spiro atoms. The minimum Gasteiger partial charge on any atom is -0.462 e. The van der Waals surface area contributed by atoms with Crippen LogP contribution >= 0.6 is 0 Å². The van der Waals surface area contributed by atoms with Gasteiger partial charge in [0.2, 0.25) is 0 Å². The van der Waals surface area contributed by atoms with E-state index in [4.69, 9.17) is 9.47 Å². The van der Waals surface area contributed by atoms with Crippen molar-refractivity contribution in [1.82, 2.24) is 0 Å². The fourth-order valence-corrected chi connectivity index (χ4v) is 1.60. The molecule has 1 rings (SSSR count). The van der Waals surface area contributed by atoms with Crippen LogP contribution in [0.2, 0.25) is 0 Å². The summed E-state index contributed by atoms with van der Waals surface area (Å²) in [4.78, 5) is 11.0. The molecule has 2 atom stereocenters. The zero-order valence-electron chi connectivity index (χ0n) is 10.3. The number of rotatable bonds is 8. The summed E-state index contributed by atoms with van der Waals surface area (Å²) in [5.74, 6) is 0.401. The lowest BCUT2D eigenvalue weighted by Crippen LogP contribution is -2.06. The molecule has 0 aliphatic carbocycles. The van der Waals surface area contributed by atoms with Crippen molar-refractivity contribution in [3.8, 4) is 0 Å². The Bertz CT molecular complexity index is 244. The Labute approximate surface area is 97.8 Å². The summed E-state index contributed by atoms with van der Waals surface area (Å²) in [7, 11) is 0. The highest BCUT2D eigenvalue weighted by molar-refractivity contribution is 5.86. The van der Waals surface area contributed by atoms with Crippen LogP contribution in [0.3, 0.4) is 0 Å². The lowest BCUT2D eigenvalue weighted by atomic mass is 10.0. The maximum Gasteiger partial charge on any atom is 0.333 e. The van der Waals surface area contributed by atoms with Gasteiger partial charge >= 0.3 is 5.97 Å². The summed E-state index contributed by atoms with van der Waals surface area (Å²) in [6.07, 6.45) is 4.96. The van der Waals surface area contributed by atoms with Crippen molar-refractivity contribution >= 4 is 5.97 Å². The molecule has 0 radical (unpaired) electrons. The third kappa shape index (κ3) is 5.31. The van der Waals surface area contributed by atoms with E-state index in [2.05, 4.69) is 13.5 Å². The van der Waals surface area contributed by atoms with Crippen molar-refractivity contribution in [1.29, 1.82) is 0 Å². The average molecular weight is 226 g/mol. The Hall–Kier alpha value is -0.830. The smallest absolute Gasteiger partial charge is 0.333 e. The molecule has 3 nitrogen and oxygen atoms in total. The largest absolute Gasteiger partial charge is 0.462 e. The zero-order valence-corrected chi connectivity index (χ0v) is 10.3. The second kappa shape index (κ2) is 6.69. The number of epoxide rings is 1. The van der Waals surface area contributed by atoms with Gasteiger partial charge in [-0.3, -0.25) is 0 Å². The quantitative estimate of drug-likeness (QED) is 0.276. The van der Waals surface area contributed by atoms with Gasteiger partial charge in [0.05, 0.1) is 19.3 Å². The predicted octanol–water partition coefficient (Wildman–Crippen LogP) is 2.70. The Morgan fingerprint density at radius 1 is 1.50 bits per heavy atom. The van der Waals surface area contributed by atoms with Gasteiger partial charge in [-0.05, 0) is 25.7 Å². The Kier molecular flexibility index (Phi) is 5.53. The lowest BCUT2D eigenvalue weighted by Gasteiger charge is -2.07. The summed E-state index contributed by atoms with van der Waals surface area (Å²) in [5, 5.41) is 0. The van der Waals surface area contributed by atoms with E-state index in [1.807, 2.05) is 0 Å². The molecule has 2 unspecified atom stereocenters. The molecule has 92 valence electrons. The SMILES string of the molecule is C=C(C)C(=O)OCCCCCC(C)C1CO1. The third-order valence-electron chi connectivity index (χ3n) is 2.88. The van der Waals surface area contributed by atoms with Gasteiger partial charge in [-0.15, -0.1) is 0 Å². The summed E-state index contributed by atoms with van der Waals surface area (Å²) >= 11 is 0. The van der Waals surface area contributed by atoms with Gasteiger partial charge in [-0.2, -0.15) is 0 Å². The number of carbonyl (C=O) groups is 1. The molecule has 0 N–H and O–H groups in total. The van der Waals surface area contributed by atoms with Crippen LogP contribution in [-0.2, 0) is 14.3 Å². The summed E-state index contributed by atoms with van der Waals surface area (Å²) in [5.41, 5.74) is 0.472. The predicted molar refractivity (Wildman–Crippen MR) is 63.1 cm³/mol. The molecule has 0 amide bonds. The van der Waals surface area contributed by atoms with Crippen LogP contribution in [-0.4, -0.2) is 25.3 Å². The van der Waals surface area contributed by atoms with E-state index < -0.39 is 0 Å². The molecule has 0 aromatic heterocycles. The van der Waals surface area contributed by atoms with Crippen LogP contribution in [0.5, 0.6) is 0 Å². The van der Waals surface area contributed by atoms with Gasteiger partial charge < -0.3 is 9.47 Å². The van der Waals surface area contributed by atoms with Crippen LogP contribution in [0.4, 0.5) is 0 Å². The molecule has 1 aliphatic rings.